The number of nitrogens with one attached hydrogen (secondary N) is 2. The van der Waals surface area contributed by atoms with E-state index in [2.05, 4.69) is 10.6 Å². The van der Waals surface area contributed by atoms with E-state index in [1.54, 1.807) is 41.3 Å². The quantitative estimate of drug-likeness (QED) is 0.735. The summed E-state index contributed by atoms with van der Waals surface area (Å²) in [6.07, 6.45) is 0.826. The molecule has 7 heteroatoms. The van der Waals surface area contributed by atoms with Gasteiger partial charge in [-0.25, -0.2) is 4.39 Å². The lowest BCUT2D eigenvalue weighted by Gasteiger charge is -2.20. The third kappa shape index (κ3) is 5.43. The molecule has 6 nitrogen and oxygen atoms in total. The number of carbonyl (C=O) groups excluding carboxylic acids is 3. The first-order chi connectivity index (χ1) is 14.3. The molecule has 158 valence electrons. The minimum absolute atomic E-state index is 0.00203. The van der Waals surface area contributed by atoms with Crippen molar-refractivity contribution in [3.8, 4) is 0 Å². The SMILES string of the molecule is CC(C)N1CC(C(=O)Nc2ccc(C(=O)NCCc3ccc(F)cc3)cc2)CC1=O. The molecule has 1 unspecified atom stereocenters. The molecule has 3 rings (SSSR count). The molecule has 1 atom stereocenters. The van der Waals surface area contributed by atoms with E-state index >= 15 is 0 Å². The lowest BCUT2D eigenvalue weighted by atomic mass is 10.1. The molecule has 0 aliphatic carbocycles. The number of rotatable bonds is 7. The Morgan fingerprint density at radius 3 is 2.37 bits per heavy atom. The number of carbonyl (C=O) groups is 3. The lowest BCUT2D eigenvalue weighted by molar-refractivity contribution is -0.129. The molecule has 30 heavy (non-hydrogen) atoms. The van der Waals surface area contributed by atoms with Crippen molar-refractivity contribution in [1.29, 1.82) is 0 Å². The average molecular weight is 411 g/mol. The molecule has 1 saturated heterocycles. The number of nitrogens with zero attached hydrogens (tertiary/aromatic N) is 1. The molecular weight excluding hydrogens is 385 g/mol. The number of hydrogen-bond donors (Lipinski definition) is 2. The number of anilines is 1. The molecule has 0 spiro atoms. The van der Waals surface area contributed by atoms with Crippen LogP contribution in [0.5, 0.6) is 0 Å². The number of halogens is 1. The maximum absolute atomic E-state index is 12.9. The van der Waals surface area contributed by atoms with Crippen molar-refractivity contribution in [1.82, 2.24) is 10.2 Å². The highest BCUT2D eigenvalue weighted by Crippen LogP contribution is 2.22. The maximum atomic E-state index is 12.9. The van der Waals surface area contributed by atoms with Crippen LogP contribution in [0.1, 0.15) is 36.2 Å². The van der Waals surface area contributed by atoms with Gasteiger partial charge < -0.3 is 15.5 Å². The van der Waals surface area contributed by atoms with E-state index < -0.39 is 0 Å². The van der Waals surface area contributed by atoms with Crippen LogP contribution in [0.2, 0.25) is 0 Å². The number of amides is 3. The normalized spacial score (nSPS) is 16.1. The Labute approximate surface area is 175 Å². The van der Waals surface area contributed by atoms with E-state index in [1.807, 2.05) is 13.8 Å². The third-order valence-electron chi connectivity index (χ3n) is 5.18. The van der Waals surface area contributed by atoms with Gasteiger partial charge in [-0.05, 0) is 62.2 Å². The monoisotopic (exact) mass is 411 g/mol. The second kappa shape index (κ2) is 9.52. The van der Waals surface area contributed by atoms with E-state index in [0.717, 1.165) is 5.56 Å². The van der Waals surface area contributed by atoms with Gasteiger partial charge in [0.05, 0.1) is 5.92 Å². The Kier molecular flexibility index (Phi) is 6.82. The second-order valence-corrected chi connectivity index (χ2v) is 7.74. The van der Waals surface area contributed by atoms with Gasteiger partial charge in [0.15, 0.2) is 0 Å². The average Bonchev–Trinajstić information content (AvgIpc) is 3.12. The predicted molar refractivity (Wildman–Crippen MR) is 112 cm³/mol. The van der Waals surface area contributed by atoms with E-state index in [1.165, 1.54) is 12.1 Å². The first kappa shape index (κ1) is 21.5. The van der Waals surface area contributed by atoms with Gasteiger partial charge in [-0.3, -0.25) is 14.4 Å². The molecule has 0 saturated carbocycles. The molecule has 3 amide bonds. The molecule has 1 heterocycles. The zero-order valence-electron chi connectivity index (χ0n) is 17.2. The van der Waals surface area contributed by atoms with Crippen LogP contribution in [-0.2, 0) is 16.0 Å². The molecule has 1 aliphatic rings. The van der Waals surface area contributed by atoms with Gasteiger partial charge in [0.25, 0.3) is 5.91 Å². The number of hydrogen-bond acceptors (Lipinski definition) is 3. The Morgan fingerprint density at radius 2 is 1.77 bits per heavy atom. The van der Waals surface area contributed by atoms with Gasteiger partial charge in [0.1, 0.15) is 5.82 Å². The van der Waals surface area contributed by atoms with E-state index in [-0.39, 0.29) is 41.9 Å². The molecule has 0 radical (unpaired) electrons. The molecule has 1 fully saturated rings. The highest BCUT2D eigenvalue weighted by Gasteiger charge is 2.35. The Hall–Kier alpha value is -3.22. The second-order valence-electron chi connectivity index (χ2n) is 7.74. The van der Waals surface area contributed by atoms with Gasteiger partial charge in [-0.2, -0.15) is 0 Å². The molecular formula is C23H26FN3O3. The van der Waals surface area contributed by atoms with E-state index in [4.69, 9.17) is 0 Å². The molecule has 2 aromatic carbocycles. The first-order valence-electron chi connectivity index (χ1n) is 10.1. The summed E-state index contributed by atoms with van der Waals surface area (Å²) in [5.41, 5.74) is 2.00. The summed E-state index contributed by atoms with van der Waals surface area (Å²) in [5.74, 6) is -1.06. The first-order valence-corrected chi connectivity index (χ1v) is 10.1. The van der Waals surface area contributed by atoms with Crippen molar-refractivity contribution in [2.45, 2.75) is 32.7 Å². The van der Waals surface area contributed by atoms with Crippen molar-refractivity contribution < 1.29 is 18.8 Å². The van der Waals surface area contributed by atoms with Crippen molar-refractivity contribution in [2.24, 2.45) is 5.92 Å². The smallest absolute Gasteiger partial charge is 0.251 e. The minimum Gasteiger partial charge on any atom is -0.352 e. The molecule has 0 bridgehead atoms. The zero-order chi connectivity index (χ0) is 21.7. The van der Waals surface area contributed by atoms with Crippen LogP contribution in [-0.4, -0.2) is 41.8 Å². The highest BCUT2D eigenvalue weighted by atomic mass is 19.1. The Balaban J connectivity index is 1.48. The third-order valence-corrected chi connectivity index (χ3v) is 5.18. The standard InChI is InChI=1S/C23H26FN3O3/c1-15(2)27-14-18(13-21(27)28)23(30)26-20-9-5-17(6-10-20)22(29)25-12-11-16-3-7-19(24)8-4-16/h3-10,15,18H,11-14H2,1-2H3,(H,25,29)(H,26,30). The van der Waals surface area contributed by atoms with Gasteiger partial charge in [-0.15, -0.1) is 0 Å². The highest BCUT2D eigenvalue weighted by molar-refractivity contribution is 5.98. The summed E-state index contributed by atoms with van der Waals surface area (Å²) < 4.78 is 12.9. The van der Waals surface area contributed by atoms with Crippen LogP contribution in [0.3, 0.4) is 0 Å². The fourth-order valence-corrected chi connectivity index (χ4v) is 3.43. The van der Waals surface area contributed by atoms with Crippen LogP contribution in [0.15, 0.2) is 48.5 Å². The summed E-state index contributed by atoms with van der Waals surface area (Å²) in [6.45, 7) is 4.73. The Morgan fingerprint density at radius 1 is 1.10 bits per heavy atom. The molecule has 0 aromatic heterocycles. The fourth-order valence-electron chi connectivity index (χ4n) is 3.43. The van der Waals surface area contributed by atoms with Crippen LogP contribution >= 0.6 is 0 Å². The number of likely N-dealkylation sites (tertiary alicyclic amines) is 1. The van der Waals surface area contributed by atoms with Crippen molar-refractivity contribution in [3.05, 3.63) is 65.5 Å². The Bertz CT molecular complexity index is 910. The van der Waals surface area contributed by atoms with Crippen molar-refractivity contribution in [3.63, 3.8) is 0 Å². The van der Waals surface area contributed by atoms with Gasteiger partial charge >= 0.3 is 0 Å². The maximum Gasteiger partial charge on any atom is 0.251 e. The summed E-state index contributed by atoms with van der Waals surface area (Å²) in [4.78, 5) is 38.4. The van der Waals surface area contributed by atoms with Crippen LogP contribution in [0, 0.1) is 11.7 Å². The zero-order valence-corrected chi connectivity index (χ0v) is 17.2. The van der Waals surface area contributed by atoms with Crippen molar-refractivity contribution >= 4 is 23.4 Å². The van der Waals surface area contributed by atoms with Crippen LogP contribution < -0.4 is 10.6 Å². The minimum atomic E-state index is -0.366. The largest absolute Gasteiger partial charge is 0.352 e. The van der Waals surface area contributed by atoms with Gasteiger partial charge in [-0.1, -0.05) is 12.1 Å². The summed E-state index contributed by atoms with van der Waals surface area (Å²) >= 11 is 0. The molecule has 1 aliphatic heterocycles. The summed E-state index contributed by atoms with van der Waals surface area (Å²) in [6, 6.07) is 12.9. The topological polar surface area (TPSA) is 78.5 Å². The fraction of sp³-hybridized carbons (Fsp3) is 0.348. The number of benzene rings is 2. The van der Waals surface area contributed by atoms with E-state index in [9.17, 15) is 18.8 Å². The molecule has 2 aromatic rings. The van der Waals surface area contributed by atoms with Gasteiger partial charge in [0, 0.05) is 36.8 Å². The van der Waals surface area contributed by atoms with E-state index in [0.29, 0.717) is 30.8 Å². The molecule has 2 N–H and O–H groups in total. The summed E-state index contributed by atoms with van der Waals surface area (Å²) in [5, 5.41) is 5.64. The van der Waals surface area contributed by atoms with Gasteiger partial charge in [0.2, 0.25) is 11.8 Å². The van der Waals surface area contributed by atoms with Crippen molar-refractivity contribution in [2.75, 3.05) is 18.4 Å². The van der Waals surface area contributed by atoms with Crippen LogP contribution in [0.25, 0.3) is 0 Å². The lowest BCUT2D eigenvalue weighted by Crippen LogP contribution is -2.33. The summed E-state index contributed by atoms with van der Waals surface area (Å²) in [7, 11) is 0. The van der Waals surface area contributed by atoms with Crippen LogP contribution in [0.4, 0.5) is 10.1 Å². The predicted octanol–water partition coefficient (Wildman–Crippen LogP) is 2.99.